The van der Waals surface area contributed by atoms with Crippen LogP contribution in [0.2, 0.25) is 0 Å². The fraction of sp³-hybridized carbons (Fsp3) is 0.458. The minimum atomic E-state index is -1.20. The van der Waals surface area contributed by atoms with E-state index in [0.717, 1.165) is 37.0 Å². The first-order valence-corrected chi connectivity index (χ1v) is 10.6. The lowest BCUT2D eigenvalue weighted by Crippen LogP contribution is -2.70. The number of ether oxygens (including phenoxy) is 3. The Hall–Kier alpha value is -2.21. The number of nitrogens with one attached hydrogen (secondary N) is 1. The number of rotatable bonds is 4. The largest absolute Gasteiger partial charge is 0.329 e. The van der Waals surface area contributed by atoms with E-state index >= 15 is 0 Å². The van der Waals surface area contributed by atoms with Gasteiger partial charge in [0, 0.05) is 18.9 Å². The maximum absolute atomic E-state index is 6.28. The molecule has 152 valence electrons. The van der Waals surface area contributed by atoms with Gasteiger partial charge in [-0.25, -0.2) is 0 Å². The van der Waals surface area contributed by atoms with Crippen LogP contribution in [-0.2, 0) is 19.7 Å². The van der Waals surface area contributed by atoms with Crippen LogP contribution >= 0.6 is 0 Å². The number of methoxy groups -OCH3 is 1. The zero-order chi connectivity index (χ0) is 19.7. The van der Waals surface area contributed by atoms with Crippen LogP contribution in [0, 0.1) is 11.8 Å². The predicted octanol–water partition coefficient (Wildman–Crippen LogP) is 4.04. The monoisotopic (exact) mass is 392 g/mol. The van der Waals surface area contributed by atoms with Crippen molar-refractivity contribution in [2.45, 2.75) is 37.2 Å². The van der Waals surface area contributed by atoms with Crippen molar-refractivity contribution in [3.8, 4) is 0 Å². The fourth-order valence-electron chi connectivity index (χ4n) is 5.48. The first-order valence-electron chi connectivity index (χ1n) is 10.6. The van der Waals surface area contributed by atoms with Gasteiger partial charge < -0.3 is 14.2 Å². The van der Waals surface area contributed by atoms with Gasteiger partial charge in [0.2, 0.25) is 0 Å². The molecule has 0 unspecified atom stereocenters. The summed E-state index contributed by atoms with van der Waals surface area (Å²) in [4.78, 5) is 0. The van der Waals surface area contributed by atoms with Crippen molar-refractivity contribution in [1.29, 1.82) is 0 Å². The third-order valence-corrected chi connectivity index (χ3v) is 6.70. The van der Waals surface area contributed by atoms with E-state index in [1.165, 1.54) is 5.56 Å². The molecule has 5 heteroatoms. The van der Waals surface area contributed by atoms with Crippen LogP contribution in [0.1, 0.15) is 36.8 Å². The maximum Gasteiger partial charge on any atom is 0.313 e. The predicted molar refractivity (Wildman–Crippen MR) is 111 cm³/mol. The molecule has 2 fully saturated rings. The summed E-state index contributed by atoms with van der Waals surface area (Å²) in [6, 6.07) is 20.9. The normalized spacial score (nSPS) is 30.9. The second-order valence-corrected chi connectivity index (χ2v) is 8.10. The van der Waals surface area contributed by atoms with Gasteiger partial charge in [0.15, 0.2) is 5.54 Å². The molecule has 2 aliphatic heterocycles. The molecule has 1 saturated heterocycles. The summed E-state index contributed by atoms with van der Waals surface area (Å²) in [7, 11) is 1.68. The Morgan fingerprint density at radius 1 is 0.931 bits per heavy atom. The highest BCUT2D eigenvalue weighted by molar-refractivity contribution is 6.03. The molecular formula is C24H28N2O3. The topological polar surface area (TPSA) is 52.1 Å². The Bertz CT molecular complexity index is 864. The standard InChI is InChI=1S/C24H28N2O3/c1-27-24(28-16-9-17-29-24)23(19-12-6-3-7-13-19)21-15-8-14-20(21)22(25-26-23)18-10-4-2-5-11-18/h2-7,10-13,20-21,26H,8-9,14-17H2,1H3/t20-,21+,23+/m0/s1. The SMILES string of the molecule is COC1([C@]2(c3ccccc3)NN=C(c3ccccc3)[C@H]3CCC[C@H]32)OCCCO1. The molecule has 2 aromatic carbocycles. The summed E-state index contributed by atoms with van der Waals surface area (Å²) in [6.07, 6.45) is 4.19. The van der Waals surface area contributed by atoms with Gasteiger partial charge in [-0.15, -0.1) is 0 Å². The van der Waals surface area contributed by atoms with Gasteiger partial charge in [-0.3, -0.25) is 5.43 Å². The summed E-state index contributed by atoms with van der Waals surface area (Å²) >= 11 is 0. The summed E-state index contributed by atoms with van der Waals surface area (Å²) in [6.45, 7) is 1.22. The molecule has 0 radical (unpaired) electrons. The lowest BCUT2D eigenvalue weighted by atomic mass is 9.68. The van der Waals surface area contributed by atoms with Crippen molar-refractivity contribution < 1.29 is 14.2 Å². The molecule has 29 heavy (non-hydrogen) atoms. The Kier molecular flexibility index (Phi) is 4.90. The molecule has 0 amide bonds. The molecule has 2 aromatic rings. The summed E-state index contributed by atoms with van der Waals surface area (Å²) < 4.78 is 18.6. The Morgan fingerprint density at radius 3 is 2.31 bits per heavy atom. The zero-order valence-corrected chi connectivity index (χ0v) is 16.8. The molecule has 5 rings (SSSR count). The molecule has 1 N–H and O–H groups in total. The number of hydrogen-bond acceptors (Lipinski definition) is 5. The van der Waals surface area contributed by atoms with Gasteiger partial charge in [0.25, 0.3) is 0 Å². The van der Waals surface area contributed by atoms with Gasteiger partial charge in [0.1, 0.15) is 0 Å². The van der Waals surface area contributed by atoms with Crippen molar-refractivity contribution in [2.75, 3.05) is 20.3 Å². The van der Waals surface area contributed by atoms with E-state index in [9.17, 15) is 0 Å². The number of hydrazone groups is 1. The van der Waals surface area contributed by atoms with Gasteiger partial charge in [-0.05, 0) is 30.4 Å². The molecule has 1 saturated carbocycles. The highest BCUT2D eigenvalue weighted by Crippen LogP contribution is 2.54. The third-order valence-electron chi connectivity index (χ3n) is 6.70. The first kappa shape index (κ1) is 18.8. The Balaban J connectivity index is 1.69. The van der Waals surface area contributed by atoms with Crippen LogP contribution in [0.15, 0.2) is 65.8 Å². The van der Waals surface area contributed by atoms with E-state index in [-0.39, 0.29) is 5.92 Å². The quantitative estimate of drug-likeness (QED) is 0.853. The summed E-state index contributed by atoms with van der Waals surface area (Å²) in [5, 5.41) is 4.97. The number of benzene rings is 2. The van der Waals surface area contributed by atoms with Crippen LogP contribution in [0.3, 0.4) is 0 Å². The molecule has 0 aromatic heterocycles. The van der Waals surface area contributed by atoms with E-state index in [4.69, 9.17) is 19.3 Å². The van der Waals surface area contributed by atoms with Crippen molar-refractivity contribution in [2.24, 2.45) is 16.9 Å². The molecule has 2 heterocycles. The molecule has 3 atom stereocenters. The average Bonchev–Trinajstić information content (AvgIpc) is 3.30. The number of hydrogen-bond donors (Lipinski definition) is 1. The van der Waals surface area contributed by atoms with Crippen LogP contribution < -0.4 is 5.43 Å². The smallest absolute Gasteiger partial charge is 0.313 e. The van der Waals surface area contributed by atoms with Crippen molar-refractivity contribution in [3.05, 3.63) is 71.8 Å². The highest BCUT2D eigenvalue weighted by Gasteiger charge is 2.65. The van der Waals surface area contributed by atoms with Gasteiger partial charge in [0.05, 0.1) is 18.9 Å². The number of nitrogens with zero attached hydrogens (tertiary/aromatic N) is 1. The minimum absolute atomic E-state index is 0.246. The van der Waals surface area contributed by atoms with E-state index in [2.05, 4.69) is 54.0 Å². The molecule has 5 nitrogen and oxygen atoms in total. The van der Waals surface area contributed by atoms with E-state index in [0.29, 0.717) is 19.1 Å². The van der Waals surface area contributed by atoms with E-state index in [1.54, 1.807) is 7.11 Å². The van der Waals surface area contributed by atoms with E-state index in [1.807, 2.05) is 12.1 Å². The fourth-order valence-corrected chi connectivity index (χ4v) is 5.48. The number of fused-ring (bicyclic) bond motifs is 1. The molecule has 1 aliphatic carbocycles. The summed E-state index contributed by atoms with van der Waals surface area (Å²) in [5.41, 5.74) is 6.23. The molecular weight excluding hydrogens is 364 g/mol. The van der Waals surface area contributed by atoms with Crippen molar-refractivity contribution in [3.63, 3.8) is 0 Å². The Morgan fingerprint density at radius 2 is 1.62 bits per heavy atom. The first-order chi connectivity index (χ1) is 14.3. The van der Waals surface area contributed by atoms with Crippen LogP contribution in [-0.4, -0.2) is 32.0 Å². The van der Waals surface area contributed by atoms with Crippen molar-refractivity contribution >= 4 is 5.71 Å². The van der Waals surface area contributed by atoms with Crippen LogP contribution in [0.25, 0.3) is 0 Å². The van der Waals surface area contributed by atoms with Gasteiger partial charge >= 0.3 is 5.97 Å². The maximum atomic E-state index is 6.28. The minimum Gasteiger partial charge on any atom is -0.329 e. The lowest BCUT2D eigenvalue weighted by molar-refractivity contribution is -0.434. The van der Waals surface area contributed by atoms with Gasteiger partial charge in [-0.2, -0.15) is 5.10 Å². The third kappa shape index (κ3) is 2.83. The highest BCUT2D eigenvalue weighted by atomic mass is 16.9. The van der Waals surface area contributed by atoms with Crippen molar-refractivity contribution in [1.82, 2.24) is 5.43 Å². The van der Waals surface area contributed by atoms with Crippen LogP contribution in [0.4, 0.5) is 0 Å². The lowest BCUT2D eigenvalue weighted by Gasteiger charge is -2.55. The average molecular weight is 392 g/mol. The molecule has 3 aliphatic rings. The zero-order valence-electron chi connectivity index (χ0n) is 16.8. The Labute approximate surface area is 172 Å². The molecule has 0 spiro atoms. The molecule has 0 bridgehead atoms. The second-order valence-electron chi connectivity index (χ2n) is 8.10. The second kappa shape index (κ2) is 7.56. The van der Waals surface area contributed by atoms with Gasteiger partial charge in [-0.1, -0.05) is 67.1 Å². The van der Waals surface area contributed by atoms with E-state index < -0.39 is 11.5 Å². The summed E-state index contributed by atoms with van der Waals surface area (Å²) in [5.74, 6) is -0.637. The van der Waals surface area contributed by atoms with Crippen LogP contribution in [0.5, 0.6) is 0 Å².